The van der Waals surface area contributed by atoms with E-state index in [1.54, 1.807) is 30.3 Å². The molecule has 3 aliphatic rings. The van der Waals surface area contributed by atoms with Crippen molar-refractivity contribution in [1.29, 1.82) is 0 Å². The van der Waals surface area contributed by atoms with E-state index in [0.717, 1.165) is 18.4 Å². The molecule has 3 fully saturated rings. The van der Waals surface area contributed by atoms with Crippen LogP contribution in [0.15, 0.2) is 42.5 Å². The van der Waals surface area contributed by atoms with Gasteiger partial charge in [0, 0.05) is 71.8 Å². The maximum Gasteiger partial charge on any atom is 0.338 e. The van der Waals surface area contributed by atoms with E-state index in [-0.39, 0.29) is 68.6 Å². The van der Waals surface area contributed by atoms with Crippen LogP contribution in [0.1, 0.15) is 153 Å². The second-order valence-electron chi connectivity index (χ2n) is 19.4. The average Bonchev–Trinajstić information content (AvgIpc) is 2.91. The molecule has 3 heterocycles. The standard InChI is InChI=1S/C42H61N3O6/c1-37(2)20-31(21-38(3,4)43-37)49-34(46)27-15-13-26(14-16-27)28-17-29(35(47)50-32-22-39(5,6)44-40(7,8)23-32)19-30(18-28)36(48)51-33-24-41(9,10)45-42(11,12)25-33/h13-19,31-33,43-45H,20-25H2,1-12H3. The van der Waals surface area contributed by atoms with Crippen LogP contribution < -0.4 is 16.0 Å². The SMILES string of the molecule is CC1(C)CC(OC(=O)c2ccc(-c3cc(C(=O)OC4CC(C)(C)NC(C)(C)C4)cc(C(=O)OC4CC(C)(C)NC(C)(C)C4)c3)cc2)CC(C)(C)N1. The normalized spacial score (nSPS) is 23.9. The molecule has 3 aliphatic heterocycles. The third-order valence-electron chi connectivity index (χ3n) is 10.1. The highest BCUT2D eigenvalue weighted by molar-refractivity contribution is 5.98. The lowest BCUT2D eigenvalue weighted by atomic mass is 9.81. The molecule has 9 nitrogen and oxygen atoms in total. The first-order chi connectivity index (χ1) is 23.3. The summed E-state index contributed by atoms with van der Waals surface area (Å²) in [6, 6.07) is 12.2. The fraction of sp³-hybridized carbons (Fsp3) is 0.643. The van der Waals surface area contributed by atoms with Gasteiger partial charge < -0.3 is 30.2 Å². The van der Waals surface area contributed by atoms with E-state index in [1.807, 2.05) is 12.1 Å². The summed E-state index contributed by atoms with van der Waals surface area (Å²) in [5, 5.41) is 10.9. The van der Waals surface area contributed by atoms with Crippen LogP contribution in [0, 0.1) is 0 Å². The lowest BCUT2D eigenvalue weighted by Crippen LogP contribution is -2.59. The summed E-state index contributed by atoms with van der Waals surface area (Å²) in [5.74, 6) is -1.34. The average molecular weight is 704 g/mol. The Morgan fingerprint density at radius 2 is 0.706 bits per heavy atom. The van der Waals surface area contributed by atoms with E-state index in [4.69, 9.17) is 14.2 Å². The number of piperidine rings is 3. The number of rotatable bonds is 7. The molecule has 0 radical (unpaired) electrons. The van der Waals surface area contributed by atoms with Crippen molar-refractivity contribution in [2.24, 2.45) is 0 Å². The number of nitrogens with one attached hydrogen (secondary N) is 3. The van der Waals surface area contributed by atoms with Crippen LogP contribution in [0.25, 0.3) is 11.1 Å². The van der Waals surface area contributed by atoms with Crippen LogP contribution in [-0.4, -0.2) is 69.5 Å². The van der Waals surface area contributed by atoms with Crippen molar-refractivity contribution >= 4 is 17.9 Å². The van der Waals surface area contributed by atoms with Gasteiger partial charge in [-0.3, -0.25) is 0 Å². The van der Waals surface area contributed by atoms with Gasteiger partial charge in [0.05, 0.1) is 16.7 Å². The van der Waals surface area contributed by atoms with Gasteiger partial charge in [-0.05, 0) is 125 Å². The van der Waals surface area contributed by atoms with Gasteiger partial charge in [0.2, 0.25) is 0 Å². The number of esters is 3. The number of benzene rings is 2. The zero-order valence-corrected chi connectivity index (χ0v) is 33.0. The zero-order chi connectivity index (χ0) is 37.8. The lowest BCUT2D eigenvalue weighted by Gasteiger charge is -2.46. The minimum Gasteiger partial charge on any atom is -0.459 e. The molecule has 0 unspecified atom stereocenters. The minimum absolute atomic E-state index is 0.151. The fourth-order valence-electron chi connectivity index (χ4n) is 9.42. The Morgan fingerprint density at radius 1 is 0.431 bits per heavy atom. The molecular formula is C42H61N3O6. The number of carbonyl (C=O) groups is 3. The van der Waals surface area contributed by atoms with E-state index in [1.165, 1.54) is 0 Å². The zero-order valence-electron chi connectivity index (χ0n) is 33.0. The first-order valence-corrected chi connectivity index (χ1v) is 18.6. The Balaban J connectivity index is 1.40. The van der Waals surface area contributed by atoms with Gasteiger partial charge in [-0.25, -0.2) is 14.4 Å². The van der Waals surface area contributed by atoms with Crippen molar-refractivity contribution in [3.05, 3.63) is 59.2 Å². The first-order valence-electron chi connectivity index (χ1n) is 18.6. The van der Waals surface area contributed by atoms with Crippen LogP contribution in [0.4, 0.5) is 0 Å². The van der Waals surface area contributed by atoms with Crippen LogP contribution >= 0.6 is 0 Å². The van der Waals surface area contributed by atoms with E-state index in [2.05, 4.69) is 99.0 Å². The molecule has 3 saturated heterocycles. The van der Waals surface area contributed by atoms with Gasteiger partial charge in [0.25, 0.3) is 0 Å². The summed E-state index contributed by atoms with van der Waals surface area (Å²) in [7, 11) is 0. The topological polar surface area (TPSA) is 115 Å². The smallest absolute Gasteiger partial charge is 0.338 e. The van der Waals surface area contributed by atoms with E-state index >= 15 is 0 Å². The number of hydrogen-bond acceptors (Lipinski definition) is 9. The molecule has 9 heteroatoms. The second kappa shape index (κ2) is 13.6. The molecule has 2 aromatic carbocycles. The summed E-state index contributed by atoms with van der Waals surface area (Å²) < 4.78 is 18.2. The quantitative estimate of drug-likeness (QED) is 0.197. The molecular weight excluding hydrogens is 642 g/mol. The second-order valence-corrected chi connectivity index (χ2v) is 19.4. The van der Waals surface area contributed by atoms with Gasteiger partial charge >= 0.3 is 17.9 Å². The lowest BCUT2D eigenvalue weighted by molar-refractivity contribution is -0.00796. The summed E-state index contributed by atoms with van der Waals surface area (Å²) in [6.45, 7) is 25.4. The largest absolute Gasteiger partial charge is 0.459 e. The van der Waals surface area contributed by atoms with Gasteiger partial charge in [0.1, 0.15) is 18.3 Å². The molecule has 0 saturated carbocycles. The Bertz CT molecular complexity index is 1520. The maximum absolute atomic E-state index is 13.8. The van der Waals surface area contributed by atoms with Crippen LogP contribution in [0.2, 0.25) is 0 Å². The minimum atomic E-state index is -0.485. The summed E-state index contributed by atoms with van der Waals surface area (Å²) in [6.07, 6.45) is 3.34. The van der Waals surface area contributed by atoms with Crippen LogP contribution in [-0.2, 0) is 14.2 Å². The Kier molecular flexibility index (Phi) is 10.4. The number of carbonyl (C=O) groups excluding carboxylic acids is 3. The van der Waals surface area contributed by atoms with Gasteiger partial charge in [-0.2, -0.15) is 0 Å². The van der Waals surface area contributed by atoms with Crippen molar-refractivity contribution in [3.63, 3.8) is 0 Å². The highest BCUT2D eigenvalue weighted by atomic mass is 16.6. The third-order valence-corrected chi connectivity index (χ3v) is 10.1. The van der Waals surface area contributed by atoms with E-state index in [9.17, 15) is 14.4 Å². The molecule has 3 N–H and O–H groups in total. The molecule has 51 heavy (non-hydrogen) atoms. The van der Waals surface area contributed by atoms with Crippen LogP contribution in [0.3, 0.4) is 0 Å². The van der Waals surface area contributed by atoms with Crippen molar-refractivity contribution in [1.82, 2.24) is 16.0 Å². The third kappa shape index (κ3) is 10.4. The summed E-state index contributed by atoms with van der Waals surface area (Å²) in [4.78, 5) is 40.9. The molecule has 0 aromatic heterocycles. The molecule has 5 rings (SSSR count). The molecule has 0 spiro atoms. The van der Waals surface area contributed by atoms with Crippen molar-refractivity contribution in [3.8, 4) is 11.1 Å². The molecule has 0 aliphatic carbocycles. The molecule has 280 valence electrons. The Hall–Kier alpha value is -3.27. The number of hydrogen-bond donors (Lipinski definition) is 3. The molecule has 2 aromatic rings. The Labute approximate surface area is 305 Å². The predicted octanol–water partition coefficient (Wildman–Crippen LogP) is 7.75. The summed E-state index contributed by atoms with van der Waals surface area (Å²) in [5.41, 5.74) is 1.26. The maximum atomic E-state index is 13.8. The highest BCUT2D eigenvalue weighted by Gasteiger charge is 2.42. The monoisotopic (exact) mass is 703 g/mol. The molecule has 0 amide bonds. The predicted molar refractivity (Wildman–Crippen MR) is 201 cm³/mol. The molecule has 0 bridgehead atoms. The fourth-order valence-corrected chi connectivity index (χ4v) is 9.42. The van der Waals surface area contributed by atoms with E-state index < -0.39 is 11.9 Å². The van der Waals surface area contributed by atoms with Gasteiger partial charge in [-0.1, -0.05) is 12.1 Å². The van der Waals surface area contributed by atoms with Crippen molar-refractivity contribution < 1.29 is 28.6 Å². The summed E-state index contributed by atoms with van der Waals surface area (Å²) >= 11 is 0. The first kappa shape index (κ1) is 38.9. The van der Waals surface area contributed by atoms with E-state index in [0.29, 0.717) is 36.8 Å². The highest BCUT2D eigenvalue weighted by Crippen LogP contribution is 2.34. The van der Waals surface area contributed by atoms with Gasteiger partial charge in [-0.15, -0.1) is 0 Å². The van der Waals surface area contributed by atoms with Crippen molar-refractivity contribution in [2.75, 3.05) is 0 Å². The van der Waals surface area contributed by atoms with Crippen molar-refractivity contribution in [2.45, 2.75) is 173 Å². The molecule has 0 atom stereocenters. The number of ether oxygens (including phenoxy) is 3. The Morgan fingerprint density at radius 3 is 1.00 bits per heavy atom. The van der Waals surface area contributed by atoms with Crippen LogP contribution in [0.5, 0.6) is 0 Å². The van der Waals surface area contributed by atoms with Gasteiger partial charge in [0.15, 0.2) is 0 Å².